The molecule has 3 rings (SSSR count). The van der Waals surface area contributed by atoms with Gasteiger partial charge in [0, 0.05) is 37.1 Å². The first-order chi connectivity index (χ1) is 15.2. The lowest BCUT2D eigenvalue weighted by atomic mass is 10.0. The minimum atomic E-state index is -4.46. The van der Waals surface area contributed by atoms with Crippen molar-refractivity contribution in [2.75, 3.05) is 13.1 Å². The molecule has 3 aromatic carbocycles. The molecule has 0 aromatic heterocycles. The van der Waals surface area contributed by atoms with Gasteiger partial charge in [-0.2, -0.15) is 13.2 Å². The maximum absolute atomic E-state index is 12.6. The van der Waals surface area contributed by atoms with E-state index in [-0.39, 0.29) is 43.2 Å². The van der Waals surface area contributed by atoms with Gasteiger partial charge in [0.15, 0.2) is 5.78 Å². The standard InChI is InChI=1S/C24H21F3N2O3/c25-24(26,27)20-9-7-17(8-10-20)23(32)29-14-13-28-22(31)12-11-21(30)19-6-5-16-3-1-2-4-18(16)15-19/h1-10,15H,11-14H2,(H,28,31)(H,29,32). The van der Waals surface area contributed by atoms with E-state index in [1.54, 1.807) is 12.1 Å². The predicted octanol–water partition coefficient (Wildman–Crippen LogP) is 4.37. The molecule has 0 atom stereocenters. The average Bonchev–Trinajstić information content (AvgIpc) is 2.79. The average molecular weight is 442 g/mol. The first kappa shape index (κ1) is 23.0. The normalized spacial score (nSPS) is 11.2. The maximum Gasteiger partial charge on any atom is 0.416 e. The number of ketones is 1. The summed E-state index contributed by atoms with van der Waals surface area (Å²) in [6, 6.07) is 16.9. The number of rotatable bonds is 8. The zero-order valence-electron chi connectivity index (χ0n) is 17.0. The minimum absolute atomic E-state index is 0.0124. The molecule has 32 heavy (non-hydrogen) atoms. The van der Waals surface area contributed by atoms with Crippen LogP contribution in [0.2, 0.25) is 0 Å². The molecule has 3 aromatic rings. The van der Waals surface area contributed by atoms with Crippen LogP contribution in [-0.4, -0.2) is 30.7 Å². The summed E-state index contributed by atoms with van der Waals surface area (Å²) < 4.78 is 37.7. The topological polar surface area (TPSA) is 75.3 Å². The second-order valence-electron chi connectivity index (χ2n) is 7.17. The largest absolute Gasteiger partial charge is 0.416 e. The summed E-state index contributed by atoms with van der Waals surface area (Å²) >= 11 is 0. The van der Waals surface area contributed by atoms with E-state index < -0.39 is 17.6 Å². The zero-order valence-corrected chi connectivity index (χ0v) is 17.0. The van der Waals surface area contributed by atoms with Crippen LogP contribution in [0.15, 0.2) is 66.7 Å². The third-order valence-electron chi connectivity index (χ3n) is 4.86. The molecule has 166 valence electrons. The van der Waals surface area contributed by atoms with Crippen molar-refractivity contribution < 1.29 is 27.6 Å². The monoisotopic (exact) mass is 442 g/mol. The Morgan fingerprint density at radius 2 is 1.34 bits per heavy atom. The Kier molecular flexibility index (Phi) is 7.25. The number of nitrogens with one attached hydrogen (secondary N) is 2. The van der Waals surface area contributed by atoms with Crippen LogP contribution in [0.1, 0.15) is 39.1 Å². The molecule has 0 aliphatic heterocycles. The molecule has 0 heterocycles. The van der Waals surface area contributed by atoms with Crippen molar-refractivity contribution >= 4 is 28.4 Å². The van der Waals surface area contributed by atoms with Crippen LogP contribution in [0.5, 0.6) is 0 Å². The molecule has 0 fully saturated rings. The predicted molar refractivity (Wildman–Crippen MR) is 114 cm³/mol. The van der Waals surface area contributed by atoms with E-state index in [0.717, 1.165) is 35.0 Å². The van der Waals surface area contributed by atoms with Gasteiger partial charge in [-0.05, 0) is 41.1 Å². The number of amides is 2. The summed E-state index contributed by atoms with van der Waals surface area (Å²) in [4.78, 5) is 36.3. The van der Waals surface area contributed by atoms with E-state index >= 15 is 0 Å². The van der Waals surface area contributed by atoms with Gasteiger partial charge < -0.3 is 10.6 Å². The molecule has 2 N–H and O–H groups in total. The number of Topliss-reactive ketones (excluding diaryl/α,β-unsaturated/α-hetero) is 1. The first-order valence-corrected chi connectivity index (χ1v) is 9.98. The van der Waals surface area contributed by atoms with E-state index in [4.69, 9.17) is 0 Å². The van der Waals surface area contributed by atoms with Gasteiger partial charge in [0.2, 0.25) is 5.91 Å². The molecule has 8 heteroatoms. The minimum Gasteiger partial charge on any atom is -0.354 e. The smallest absolute Gasteiger partial charge is 0.354 e. The fourth-order valence-corrected chi connectivity index (χ4v) is 3.11. The van der Waals surface area contributed by atoms with Crippen molar-refractivity contribution in [2.45, 2.75) is 19.0 Å². The van der Waals surface area contributed by atoms with Gasteiger partial charge in [-0.3, -0.25) is 14.4 Å². The van der Waals surface area contributed by atoms with Gasteiger partial charge >= 0.3 is 6.18 Å². The molecule has 0 saturated carbocycles. The van der Waals surface area contributed by atoms with Crippen LogP contribution in [0, 0.1) is 0 Å². The number of hydrogen-bond donors (Lipinski definition) is 2. The van der Waals surface area contributed by atoms with Crippen LogP contribution in [0.25, 0.3) is 10.8 Å². The molecule has 0 radical (unpaired) electrons. The SMILES string of the molecule is O=C(CCC(=O)c1ccc2ccccc2c1)NCCNC(=O)c1ccc(C(F)(F)F)cc1. The third-order valence-corrected chi connectivity index (χ3v) is 4.86. The van der Waals surface area contributed by atoms with Crippen molar-refractivity contribution in [2.24, 2.45) is 0 Å². The van der Waals surface area contributed by atoms with E-state index in [1.165, 1.54) is 0 Å². The highest BCUT2D eigenvalue weighted by atomic mass is 19.4. The van der Waals surface area contributed by atoms with E-state index in [2.05, 4.69) is 10.6 Å². The van der Waals surface area contributed by atoms with Crippen LogP contribution in [-0.2, 0) is 11.0 Å². The molecular weight excluding hydrogens is 421 g/mol. The second kappa shape index (κ2) is 10.1. The molecule has 0 aliphatic carbocycles. The van der Waals surface area contributed by atoms with Gasteiger partial charge in [0.1, 0.15) is 0 Å². The maximum atomic E-state index is 12.6. The Morgan fingerprint density at radius 1 is 0.719 bits per heavy atom. The summed E-state index contributed by atoms with van der Waals surface area (Å²) in [6.45, 7) is 0.236. The Hall–Kier alpha value is -3.68. The van der Waals surface area contributed by atoms with Crippen LogP contribution in [0.3, 0.4) is 0 Å². The highest BCUT2D eigenvalue weighted by molar-refractivity contribution is 6.01. The lowest BCUT2D eigenvalue weighted by Crippen LogP contribution is -2.34. The molecule has 0 spiro atoms. The number of hydrogen-bond acceptors (Lipinski definition) is 3. The van der Waals surface area contributed by atoms with E-state index in [1.807, 2.05) is 30.3 Å². The summed E-state index contributed by atoms with van der Waals surface area (Å²) in [5, 5.41) is 7.10. The summed E-state index contributed by atoms with van der Waals surface area (Å²) in [5.41, 5.74) is -0.204. The van der Waals surface area contributed by atoms with Crippen molar-refractivity contribution in [3.8, 4) is 0 Å². The van der Waals surface area contributed by atoms with E-state index in [0.29, 0.717) is 5.56 Å². The van der Waals surface area contributed by atoms with Gasteiger partial charge in [-0.1, -0.05) is 36.4 Å². The Labute approximate surface area is 182 Å². The summed E-state index contributed by atoms with van der Waals surface area (Å²) in [6.07, 6.45) is -4.39. The number of carbonyl (C=O) groups excluding carboxylic acids is 3. The number of carbonyl (C=O) groups is 3. The molecule has 0 unspecified atom stereocenters. The fraction of sp³-hybridized carbons (Fsp3) is 0.208. The summed E-state index contributed by atoms with van der Waals surface area (Å²) in [5.74, 6) is -1.01. The van der Waals surface area contributed by atoms with E-state index in [9.17, 15) is 27.6 Å². The molecule has 5 nitrogen and oxygen atoms in total. The van der Waals surface area contributed by atoms with Gasteiger partial charge in [-0.25, -0.2) is 0 Å². The Balaban J connectivity index is 1.38. The van der Waals surface area contributed by atoms with Crippen LogP contribution in [0.4, 0.5) is 13.2 Å². The van der Waals surface area contributed by atoms with Crippen LogP contribution >= 0.6 is 0 Å². The second-order valence-corrected chi connectivity index (χ2v) is 7.17. The van der Waals surface area contributed by atoms with Crippen molar-refractivity contribution in [1.82, 2.24) is 10.6 Å². The fourth-order valence-electron chi connectivity index (χ4n) is 3.11. The molecular formula is C24H21F3N2O3. The number of alkyl halides is 3. The summed E-state index contributed by atoms with van der Waals surface area (Å²) in [7, 11) is 0. The Bertz CT molecular complexity index is 1130. The molecule has 2 amide bonds. The number of halogens is 3. The molecule has 0 bridgehead atoms. The highest BCUT2D eigenvalue weighted by Gasteiger charge is 2.30. The van der Waals surface area contributed by atoms with Gasteiger partial charge in [-0.15, -0.1) is 0 Å². The van der Waals surface area contributed by atoms with Crippen molar-refractivity contribution in [1.29, 1.82) is 0 Å². The van der Waals surface area contributed by atoms with Gasteiger partial charge in [0.05, 0.1) is 5.56 Å². The quantitative estimate of drug-likeness (QED) is 0.402. The number of benzene rings is 3. The van der Waals surface area contributed by atoms with Gasteiger partial charge in [0.25, 0.3) is 5.91 Å². The lowest BCUT2D eigenvalue weighted by Gasteiger charge is -2.09. The zero-order chi connectivity index (χ0) is 23.1. The van der Waals surface area contributed by atoms with Crippen molar-refractivity contribution in [3.05, 3.63) is 83.4 Å². The van der Waals surface area contributed by atoms with Crippen molar-refractivity contribution in [3.63, 3.8) is 0 Å². The van der Waals surface area contributed by atoms with Crippen LogP contribution < -0.4 is 10.6 Å². The highest BCUT2D eigenvalue weighted by Crippen LogP contribution is 2.29. The first-order valence-electron chi connectivity index (χ1n) is 9.98. The number of fused-ring (bicyclic) bond motifs is 1. The molecule has 0 aliphatic rings. The Morgan fingerprint density at radius 3 is 2.03 bits per heavy atom. The molecule has 0 saturated heterocycles. The third kappa shape index (κ3) is 6.16. The lowest BCUT2D eigenvalue weighted by molar-refractivity contribution is -0.137.